The van der Waals surface area contributed by atoms with Gasteiger partial charge in [-0.2, -0.15) is 4.31 Å². The first-order chi connectivity index (χ1) is 13.5. The second kappa shape index (κ2) is 9.67. The summed E-state index contributed by atoms with van der Waals surface area (Å²) in [5.74, 6) is -0.126. The van der Waals surface area contributed by atoms with Crippen molar-refractivity contribution >= 4 is 31.9 Å². The number of benzene rings is 2. The molecule has 0 saturated carbocycles. The summed E-state index contributed by atoms with van der Waals surface area (Å²) in [5, 5.41) is 0. The molecule has 3 rings (SSSR count). The molecular weight excluding hydrogens is 440 g/mol. The van der Waals surface area contributed by atoms with Crippen LogP contribution in [0.15, 0.2) is 64.0 Å². The maximum atomic E-state index is 13.2. The summed E-state index contributed by atoms with van der Waals surface area (Å²) in [4.78, 5) is 14.9. The van der Waals surface area contributed by atoms with E-state index in [2.05, 4.69) is 15.9 Å². The lowest BCUT2D eigenvalue weighted by atomic mass is 10.2. The zero-order valence-corrected chi connectivity index (χ0v) is 18.2. The largest absolute Gasteiger partial charge is 0.342 e. The van der Waals surface area contributed by atoms with Gasteiger partial charge in [0.25, 0.3) is 0 Å². The van der Waals surface area contributed by atoms with Crippen molar-refractivity contribution in [1.29, 1.82) is 0 Å². The summed E-state index contributed by atoms with van der Waals surface area (Å²) in [6.07, 6.45) is 4.19. The average molecular weight is 465 g/mol. The maximum absolute atomic E-state index is 13.2. The molecule has 0 unspecified atom stereocenters. The summed E-state index contributed by atoms with van der Waals surface area (Å²) in [7, 11) is -3.78. The molecule has 1 amide bonds. The number of amides is 1. The van der Waals surface area contributed by atoms with Gasteiger partial charge in [-0.3, -0.25) is 4.79 Å². The fourth-order valence-electron chi connectivity index (χ4n) is 3.33. The van der Waals surface area contributed by atoms with E-state index in [1.54, 1.807) is 30.3 Å². The highest BCUT2D eigenvalue weighted by atomic mass is 79.9. The molecule has 0 spiro atoms. The quantitative estimate of drug-likeness (QED) is 0.647. The Balaban J connectivity index is 1.85. The van der Waals surface area contributed by atoms with Crippen LogP contribution >= 0.6 is 15.9 Å². The number of sulfonamides is 1. The fraction of sp³-hybridized carbons (Fsp3) is 0.381. The van der Waals surface area contributed by atoms with Crippen LogP contribution < -0.4 is 0 Å². The Morgan fingerprint density at radius 1 is 0.929 bits per heavy atom. The van der Waals surface area contributed by atoms with Crippen LogP contribution in [0.4, 0.5) is 0 Å². The van der Waals surface area contributed by atoms with Crippen LogP contribution in [0.2, 0.25) is 0 Å². The van der Waals surface area contributed by atoms with E-state index in [1.807, 2.05) is 29.2 Å². The smallest absolute Gasteiger partial charge is 0.243 e. The first-order valence-corrected chi connectivity index (χ1v) is 11.8. The molecule has 5 nitrogen and oxygen atoms in total. The molecule has 28 heavy (non-hydrogen) atoms. The van der Waals surface area contributed by atoms with Crippen LogP contribution in [0.3, 0.4) is 0 Å². The van der Waals surface area contributed by atoms with Crippen LogP contribution in [-0.4, -0.2) is 43.2 Å². The Labute approximate surface area is 175 Å². The standard InChI is InChI=1S/C21H25BrN2O3S/c22-19-12-10-18(11-13-19)16-24(28(26,27)20-8-4-3-5-9-20)17-21(25)23-14-6-1-2-7-15-23/h3-5,8-13H,1-2,6-7,14-17H2. The predicted octanol–water partition coefficient (Wildman–Crippen LogP) is 4.04. The van der Waals surface area contributed by atoms with E-state index in [4.69, 9.17) is 0 Å². The van der Waals surface area contributed by atoms with Crippen LogP contribution in [0, 0.1) is 0 Å². The van der Waals surface area contributed by atoms with Crippen LogP contribution in [0.1, 0.15) is 31.2 Å². The van der Waals surface area contributed by atoms with Gasteiger partial charge in [0.15, 0.2) is 0 Å². The van der Waals surface area contributed by atoms with Gasteiger partial charge in [-0.25, -0.2) is 8.42 Å². The van der Waals surface area contributed by atoms with E-state index in [9.17, 15) is 13.2 Å². The van der Waals surface area contributed by atoms with E-state index >= 15 is 0 Å². The van der Waals surface area contributed by atoms with Crippen molar-refractivity contribution < 1.29 is 13.2 Å². The van der Waals surface area contributed by atoms with Crippen molar-refractivity contribution in [3.05, 3.63) is 64.6 Å². The van der Waals surface area contributed by atoms with Crippen molar-refractivity contribution in [2.24, 2.45) is 0 Å². The summed E-state index contributed by atoms with van der Waals surface area (Å²) < 4.78 is 28.7. The SMILES string of the molecule is O=C(CN(Cc1ccc(Br)cc1)S(=O)(=O)c1ccccc1)N1CCCCCC1. The lowest BCUT2D eigenvalue weighted by Crippen LogP contribution is -2.43. The van der Waals surface area contributed by atoms with Gasteiger partial charge in [0.1, 0.15) is 0 Å². The molecule has 1 fully saturated rings. The van der Waals surface area contributed by atoms with Gasteiger partial charge in [-0.15, -0.1) is 0 Å². The molecule has 1 saturated heterocycles. The van der Waals surface area contributed by atoms with Gasteiger partial charge in [-0.05, 0) is 42.7 Å². The zero-order valence-electron chi connectivity index (χ0n) is 15.8. The minimum Gasteiger partial charge on any atom is -0.342 e. The van der Waals surface area contributed by atoms with Crippen LogP contribution in [0.5, 0.6) is 0 Å². The van der Waals surface area contributed by atoms with E-state index in [0.717, 1.165) is 35.7 Å². The number of carbonyl (C=O) groups excluding carboxylic acids is 1. The van der Waals surface area contributed by atoms with Gasteiger partial charge in [-0.1, -0.05) is 59.1 Å². The number of hydrogen-bond donors (Lipinski definition) is 0. The number of hydrogen-bond acceptors (Lipinski definition) is 3. The molecule has 1 aliphatic rings. The lowest BCUT2D eigenvalue weighted by molar-refractivity contribution is -0.131. The number of carbonyl (C=O) groups is 1. The lowest BCUT2D eigenvalue weighted by Gasteiger charge is -2.26. The van der Waals surface area contributed by atoms with Gasteiger partial charge < -0.3 is 4.90 Å². The number of halogens is 1. The first-order valence-electron chi connectivity index (χ1n) is 9.54. The molecule has 0 N–H and O–H groups in total. The molecule has 7 heteroatoms. The Morgan fingerprint density at radius 2 is 1.54 bits per heavy atom. The van der Waals surface area contributed by atoms with Crippen LogP contribution in [-0.2, 0) is 21.4 Å². The summed E-state index contributed by atoms with van der Waals surface area (Å²) in [6.45, 7) is 1.42. The third kappa shape index (κ3) is 5.43. The zero-order chi connectivity index (χ0) is 20.0. The van der Waals surface area contributed by atoms with Crippen LogP contribution in [0.25, 0.3) is 0 Å². The minimum atomic E-state index is -3.78. The predicted molar refractivity (Wildman–Crippen MR) is 113 cm³/mol. The van der Waals surface area contributed by atoms with E-state index in [0.29, 0.717) is 13.1 Å². The van der Waals surface area contributed by atoms with Crippen molar-refractivity contribution in [2.45, 2.75) is 37.1 Å². The summed E-state index contributed by atoms with van der Waals surface area (Å²) >= 11 is 3.40. The average Bonchev–Trinajstić information content (AvgIpc) is 2.99. The normalized spacial score (nSPS) is 15.4. The van der Waals surface area contributed by atoms with E-state index in [1.165, 1.54) is 4.31 Å². The molecular formula is C21H25BrN2O3S. The van der Waals surface area contributed by atoms with Gasteiger partial charge in [0, 0.05) is 24.1 Å². The third-order valence-electron chi connectivity index (χ3n) is 4.92. The van der Waals surface area contributed by atoms with Crippen molar-refractivity contribution in [2.75, 3.05) is 19.6 Å². The van der Waals surface area contributed by atoms with E-state index in [-0.39, 0.29) is 23.9 Å². The maximum Gasteiger partial charge on any atom is 0.243 e. The topological polar surface area (TPSA) is 57.7 Å². The Bertz CT molecular complexity index is 878. The van der Waals surface area contributed by atoms with Gasteiger partial charge >= 0.3 is 0 Å². The van der Waals surface area contributed by atoms with Crippen molar-refractivity contribution in [3.63, 3.8) is 0 Å². The molecule has 2 aromatic rings. The van der Waals surface area contributed by atoms with Gasteiger partial charge in [0.2, 0.25) is 15.9 Å². The minimum absolute atomic E-state index is 0.126. The highest BCUT2D eigenvalue weighted by Crippen LogP contribution is 2.20. The molecule has 0 radical (unpaired) electrons. The molecule has 150 valence electrons. The monoisotopic (exact) mass is 464 g/mol. The second-order valence-corrected chi connectivity index (χ2v) is 9.86. The molecule has 1 aliphatic heterocycles. The molecule has 2 aromatic carbocycles. The molecule has 1 heterocycles. The van der Waals surface area contributed by atoms with Crippen molar-refractivity contribution in [3.8, 4) is 0 Å². The number of likely N-dealkylation sites (tertiary alicyclic amines) is 1. The molecule has 0 bridgehead atoms. The highest BCUT2D eigenvalue weighted by Gasteiger charge is 2.28. The number of rotatable bonds is 6. The first kappa shape index (κ1) is 21.0. The molecule has 0 aromatic heterocycles. The highest BCUT2D eigenvalue weighted by molar-refractivity contribution is 9.10. The van der Waals surface area contributed by atoms with Gasteiger partial charge in [0.05, 0.1) is 11.4 Å². The molecule has 0 aliphatic carbocycles. The van der Waals surface area contributed by atoms with Crippen molar-refractivity contribution in [1.82, 2.24) is 9.21 Å². The molecule has 0 atom stereocenters. The fourth-order valence-corrected chi connectivity index (χ4v) is 4.99. The Morgan fingerprint density at radius 3 is 2.14 bits per heavy atom. The van der Waals surface area contributed by atoms with E-state index < -0.39 is 10.0 Å². The third-order valence-corrected chi connectivity index (χ3v) is 7.26. The number of nitrogens with zero attached hydrogens (tertiary/aromatic N) is 2. The second-order valence-electron chi connectivity index (χ2n) is 7.01. The Kier molecular flexibility index (Phi) is 7.26. The Hall–Kier alpha value is -1.70. The summed E-state index contributed by atoms with van der Waals surface area (Å²) in [6, 6.07) is 15.8. The summed E-state index contributed by atoms with van der Waals surface area (Å²) in [5.41, 5.74) is 0.839.